The Balaban J connectivity index is 0. The van der Waals surface area contributed by atoms with E-state index in [0.29, 0.717) is 25.0 Å². The number of nitrogens with one attached hydrogen (secondary N) is 3. The molecule has 0 atom stereocenters. The van der Waals surface area contributed by atoms with Crippen LogP contribution in [-0.2, 0) is 14.3 Å². The third kappa shape index (κ3) is 15.8. The monoisotopic (exact) mass is 430 g/mol. The van der Waals surface area contributed by atoms with E-state index in [4.69, 9.17) is 9.47 Å². The molecule has 0 saturated carbocycles. The van der Waals surface area contributed by atoms with Crippen molar-refractivity contribution in [3.63, 3.8) is 0 Å². The summed E-state index contributed by atoms with van der Waals surface area (Å²) in [6.45, 7) is 7.72. The van der Waals surface area contributed by atoms with E-state index in [1.807, 2.05) is 0 Å². The zero-order valence-corrected chi connectivity index (χ0v) is 16.4. The second-order valence-electron chi connectivity index (χ2n) is 5.02. The maximum Gasteiger partial charge on any atom is 0.239 e. The van der Waals surface area contributed by atoms with E-state index in [1.54, 1.807) is 14.2 Å². The maximum atomic E-state index is 11.5. The summed E-state index contributed by atoms with van der Waals surface area (Å²) in [6.07, 6.45) is 0.896. The molecular weight excluding hydrogens is 399 g/mol. The van der Waals surface area contributed by atoms with Gasteiger partial charge in [-0.25, -0.2) is 0 Å². The second kappa shape index (κ2) is 16.8. The fraction of sp³-hybridized carbons (Fsp3) is 0.857. The Labute approximate surface area is 151 Å². The van der Waals surface area contributed by atoms with Crippen molar-refractivity contribution in [3.05, 3.63) is 0 Å². The summed E-state index contributed by atoms with van der Waals surface area (Å²) >= 11 is 0. The maximum absolute atomic E-state index is 11.5. The van der Waals surface area contributed by atoms with Gasteiger partial charge < -0.3 is 25.4 Å². The molecule has 3 N–H and O–H groups in total. The van der Waals surface area contributed by atoms with Gasteiger partial charge >= 0.3 is 0 Å². The molecule has 1 amide bonds. The summed E-state index contributed by atoms with van der Waals surface area (Å²) < 4.78 is 10.3. The van der Waals surface area contributed by atoms with Crippen LogP contribution in [0.5, 0.6) is 0 Å². The third-order valence-electron chi connectivity index (χ3n) is 2.48. The number of halogens is 1. The van der Waals surface area contributed by atoms with Crippen LogP contribution in [0.3, 0.4) is 0 Å². The van der Waals surface area contributed by atoms with Crippen LogP contribution in [0.15, 0.2) is 4.99 Å². The fourth-order valence-electron chi connectivity index (χ4n) is 1.44. The number of carbonyl (C=O) groups excluding carboxylic acids is 1. The van der Waals surface area contributed by atoms with Gasteiger partial charge in [-0.05, 0) is 12.3 Å². The van der Waals surface area contributed by atoms with Crippen molar-refractivity contribution in [1.29, 1.82) is 0 Å². The van der Waals surface area contributed by atoms with Crippen molar-refractivity contribution in [1.82, 2.24) is 16.0 Å². The quantitative estimate of drug-likeness (QED) is 0.194. The number of nitrogens with zero attached hydrogens (tertiary/aromatic N) is 1. The van der Waals surface area contributed by atoms with Gasteiger partial charge in [0, 0.05) is 40.5 Å². The van der Waals surface area contributed by atoms with E-state index in [1.165, 1.54) is 0 Å². The zero-order valence-electron chi connectivity index (χ0n) is 14.1. The summed E-state index contributed by atoms with van der Waals surface area (Å²) in [5, 5.41) is 8.81. The molecule has 0 bridgehead atoms. The molecule has 0 aromatic carbocycles. The van der Waals surface area contributed by atoms with Gasteiger partial charge in [0.1, 0.15) is 0 Å². The van der Waals surface area contributed by atoms with E-state index in [0.717, 1.165) is 26.2 Å². The van der Waals surface area contributed by atoms with Gasteiger partial charge in [0.15, 0.2) is 5.96 Å². The van der Waals surface area contributed by atoms with Crippen LogP contribution in [0, 0.1) is 5.92 Å². The molecular formula is C14H31IN4O3. The smallest absolute Gasteiger partial charge is 0.239 e. The normalized spacial score (nSPS) is 11.0. The Morgan fingerprint density at radius 3 is 2.45 bits per heavy atom. The third-order valence-corrected chi connectivity index (χ3v) is 2.48. The number of hydrogen-bond acceptors (Lipinski definition) is 4. The molecule has 22 heavy (non-hydrogen) atoms. The van der Waals surface area contributed by atoms with Crippen LogP contribution >= 0.6 is 24.0 Å². The molecule has 0 aliphatic carbocycles. The number of hydrogen-bond donors (Lipinski definition) is 3. The summed E-state index contributed by atoms with van der Waals surface area (Å²) in [4.78, 5) is 15.5. The van der Waals surface area contributed by atoms with Crippen molar-refractivity contribution in [2.75, 3.05) is 53.6 Å². The van der Waals surface area contributed by atoms with Crippen molar-refractivity contribution in [2.24, 2.45) is 10.9 Å². The standard InChI is InChI=1S/C14H30N4O3.HI/c1-12(2)11-21-8-5-6-17-14(15-3)18-10-13(19)16-7-9-20-4;/h12H,5-11H2,1-4H3,(H,16,19)(H2,15,17,18);1H. The van der Waals surface area contributed by atoms with Crippen LogP contribution in [0.2, 0.25) is 0 Å². The van der Waals surface area contributed by atoms with Crippen LogP contribution in [0.4, 0.5) is 0 Å². The number of amides is 1. The average molecular weight is 430 g/mol. The van der Waals surface area contributed by atoms with Crippen LogP contribution in [-0.4, -0.2) is 65.5 Å². The highest BCUT2D eigenvalue weighted by Gasteiger charge is 2.02. The van der Waals surface area contributed by atoms with Gasteiger partial charge in [-0.3, -0.25) is 9.79 Å². The Hall–Kier alpha value is -0.610. The molecule has 132 valence electrons. The van der Waals surface area contributed by atoms with E-state index >= 15 is 0 Å². The molecule has 0 unspecified atom stereocenters. The number of rotatable bonds is 11. The van der Waals surface area contributed by atoms with Gasteiger partial charge in [0.25, 0.3) is 0 Å². The Morgan fingerprint density at radius 2 is 1.86 bits per heavy atom. The zero-order chi connectivity index (χ0) is 15.9. The molecule has 0 saturated heterocycles. The first-order chi connectivity index (χ1) is 10.1. The number of guanidine groups is 1. The van der Waals surface area contributed by atoms with Gasteiger partial charge in [0.05, 0.1) is 13.2 Å². The van der Waals surface area contributed by atoms with E-state index in [-0.39, 0.29) is 36.4 Å². The first-order valence-corrected chi connectivity index (χ1v) is 7.38. The minimum Gasteiger partial charge on any atom is -0.383 e. The molecule has 0 aliphatic rings. The first kappa shape index (κ1) is 23.7. The molecule has 7 nitrogen and oxygen atoms in total. The Kier molecular flexibility index (Phi) is 18.0. The van der Waals surface area contributed by atoms with Gasteiger partial charge in [-0.15, -0.1) is 24.0 Å². The molecule has 8 heteroatoms. The van der Waals surface area contributed by atoms with E-state index in [2.05, 4.69) is 34.8 Å². The summed E-state index contributed by atoms with van der Waals surface area (Å²) in [7, 11) is 3.27. The van der Waals surface area contributed by atoms with Crippen molar-refractivity contribution in [2.45, 2.75) is 20.3 Å². The van der Waals surface area contributed by atoms with Gasteiger partial charge in [-0.2, -0.15) is 0 Å². The fourth-order valence-corrected chi connectivity index (χ4v) is 1.44. The number of carbonyl (C=O) groups is 1. The lowest BCUT2D eigenvalue weighted by atomic mass is 10.2. The topological polar surface area (TPSA) is 84.0 Å². The lowest BCUT2D eigenvalue weighted by Crippen LogP contribution is -2.44. The molecule has 0 fully saturated rings. The number of ether oxygens (including phenoxy) is 2. The second-order valence-corrected chi connectivity index (χ2v) is 5.02. The van der Waals surface area contributed by atoms with Crippen LogP contribution in [0.1, 0.15) is 20.3 Å². The van der Waals surface area contributed by atoms with Gasteiger partial charge in [-0.1, -0.05) is 13.8 Å². The molecule has 0 rings (SSSR count). The highest BCUT2D eigenvalue weighted by molar-refractivity contribution is 14.0. The van der Waals surface area contributed by atoms with E-state index in [9.17, 15) is 4.79 Å². The Morgan fingerprint density at radius 1 is 1.14 bits per heavy atom. The number of aliphatic imine (C=N–C) groups is 1. The largest absolute Gasteiger partial charge is 0.383 e. The number of methoxy groups -OCH3 is 1. The Bertz CT molecular complexity index is 302. The minimum absolute atomic E-state index is 0. The van der Waals surface area contributed by atoms with E-state index < -0.39 is 0 Å². The molecule has 0 aromatic heterocycles. The summed E-state index contributed by atoms with van der Waals surface area (Å²) in [5.74, 6) is 1.08. The predicted octanol–water partition coefficient (Wildman–Crippen LogP) is 0.595. The first-order valence-electron chi connectivity index (χ1n) is 7.38. The van der Waals surface area contributed by atoms with Crippen molar-refractivity contribution in [3.8, 4) is 0 Å². The average Bonchev–Trinajstić information content (AvgIpc) is 2.45. The van der Waals surface area contributed by atoms with Gasteiger partial charge in [0.2, 0.25) is 5.91 Å². The molecule has 0 spiro atoms. The highest BCUT2D eigenvalue weighted by Crippen LogP contribution is 1.92. The van der Waals surface area contributed by atoms with Crippen molar-refractivity contribution >= 4 is 35.8 Å². The van der Waals surface area contributed by atoms with Crippen LogP contribution < -0.4 is 16.0 Å². The molecule has 0 aliphatic heterocycles. The SMILES string of the molecule is CN=C(NCCCOCC(C)C)NCC(=O)NCCOC.I. The molecule has 0 heterocycles. The van der Waals surface area contributed by atoms with Crippen molar-refractivity contribution < 1.29 is 14.3 Å². The lowest BCUT2D eigenvalue weighted by molar-refractivity contribution is -0.120. The molecule has 0 aromatic rings. The molecule has 0 radical (unpaired) electrons. The minimum atomic E-state index is -0.0877. The highest BCUT2D eigenvalue weighted by atomic mass is 127. The summed E-state index contributed by atoms with van der Waals surface area (Å²) in [6, 6.07) is 0. The predicted molar refractivity (Wildman–Crippen MR) is 99.9 cm³/mol. The summed E-state index contributed by atoms with van der Waals surface area (Å²) in [5.41, 5.74) is 0. The van der Waals surface area contributed by atoms with Crippen LogP contribution in [0.25, 0.3) is 0 Å². The lowest BCUT2D eigenvalue weighted by Gasteiger charge is -2.12.